The number of hydrogen-bond donors (Lipinski definition) is 0. The molecule has 1 heteroatoms. The standard InChI is InChI=1S/C23H28S/c1-2-4-6-8-13-18(12-7-5-3-1)19-15-11-16-21-20-14-9-10-17-22(20)24-23(19)21/h9-11,14-18H,1-8,12-13H2. The molecule has 4 rings (SSSR count). The largest absolute Gasteiger partial charge is 0.135 e. The highest BCUT2D eigenvalue weighted by molar-refractivity contribution is 7.26. The Bertz CT molecular complexity index is 786. The van der Waals surface area contributed by atoms with E-state index in [-0.39, 0.29) is 0 Å². The SMILES string of the molecule is c1ccc2c(c1)sc1c(C3CCCCCCCCCC3)cccc12. The van der Waals surface area contributed by atoms with Crippen LogP contribution in [0, 0.1) is 0 Å². The lowest BCUT2D eigenvalue weighted by atomic mass is 9.88. The Balaban J connectivity index is 1.70. The first-order valence-corrected chi connectivity index (χ1v) is 10.7. The van der Waals surface area contributed by atoms with Crippen molar-refractivity contribution in [1.29, 1.82) is 0 Å². The maximum Gasteiger partial charge on any atom is 0.0390 e. The van der Waals surface area contributed by atoms with Crippen LogP contribution >= 0.6 is 11.3 Å². The van der Waals surface area contributed by atoms with Crippen LogP contribution in [-0.2, 0) is 0 Å². The van der Waals surface area contributed by atoms with Crippen molar-refractivity contribution in [2.24, 2.45) is 0 Å². The highest BCUT2D eigenvalue weighted by atomic mass is 32.1. The van der Waals surface area contributed by atoms with Crippen LogP contribution in [0.4, 0.5) is 0 Å². The number of fused-ring (bicyclic) bond motifs is 3. The van der Waals surface area contributed by atoms with Gasteiger partial charge in [0.2, 0.25) is 0 Å². The predicted molar refractivity (Wildman–Crippen MR) is 108 cm³/mol. The number of benzene rings is 2. The third kappa shape index (κ3) is 3.37. The molecule has 1 aromatic heterocycles. The lowest BCUT2D eigenvalue weighted by molar-refractivity contribution is 0.517. The molecule has 0 spiro atoms. The van der Waals surface area contributed by atoms with E-state index in [1.165, 1.54) is 79.7 Å². The van der Waals surface area contributed by atoms with Gasteiger partial charge in [-0.1, -0.05) is 87.8 Å². The van der Waals surface area contributed by atoms with Crippen LogP contribution in [0.25, 0.3) is 20.2 Å². The van der Waals surface area contributed by atoms with E-state index in [1.807, 2.05) is 11.3 Å². The summed E-state index contributed by atoms with van der Waals surface area (Å²) in [5.74, 6) is 0.764. The minimum Gasteiger partial charge on any atom is -0.135 e. The highest BCUT2D eigenvalue weighted by Crippen LogP contribution is 2.41. The van der Waals surface area contributed by atoms with Gasteiger partial charge in [0.05, 0.1) is 0 Å². The van der Waals surface area contributed by atoms with Gasteiger partial charge in [0.1, 0.15) is 0 Å². The van der Waals surface area contributed by atoms with E-state index in [2.05, 4.69) is 42.5 Å². The fourth-order valence-electron chi connectivity index (χ4n) is 4.39. The first kappa shape index (κ1) is 16.1. The second-order valence-electron chi connectivity index (χ2n) is 7.42. The molecule has 0 aliphatic heterocycles. The fourth-order valence-corrected chi connectivity index (χ4v) is 5.68. The molecule has 0 nitrogen and oxygen atoms in total. The minimum absolute atomic E-state index is 0.764. The lowest BCUT2D eigenvalue weighted by Crippen LogP contribution is -1.99. The van der Waals surface area contributed by atoms with Gasteiger partial charge >= 0.3 is 0 Å². The van der Waals surface area contributed by atoms with E-state index in [4.69, 9.17) is 0 Å². The van der Waals surface area contributed by atoms with E-state index in [9.17, 15) is 0 Å². The maximum absolute atomic E-state index is 2.42. The monoisotopic (exact) mass is 336 g/mol. The molecule has 2 aromatic carbocycles. The molecule has 0 amide bonds. The van der Waals surface area contributed by atoms with Crippen LogP contribution in [0.1, 0.15) is 75.7 Å². The van der Waals surface area contributed by atoms with Crippen molar-refractivity contribution in [3.05, 3.63) is 48.0 Å². The molecule has 1 fully saturated rings. The Morgan fingerprint density at radius 3 is 2.00 bits per heavy atom. The molecule has 1 saturated carbocycles. The van der Waals surface area contributed by atoms with E-state index in [0.29, 0.717) is 0 Å². The number of hydrogen-bond acceptors (Lipinski definition) is 1. The predicted octanol–water partition coefficient (Wildman–Crippen LogP) is 8.05. The normalized spacial score (nSPS) is 18.7. The van der Waals surface area contributed by atoms with E-state index in [0.717, 1.165) is 5.92 Å². The molecular formula is C23H28S. The highest BCUT2D eigenvalue weighted by Gasteiger charge is 2.17. The summed E-state index contributed by atoms with van der Waals surface area (Å²) in [6, 6.07) is 15.9. The Kier molecular flexibility index (Phi) is 5.18. The summed E-state index contributed by atoms with van der Waals surface area (Å²) >= 11 is 2.01. The lowest BCUT2D eigenvalue weighted by Gasteiger charge is -2.18. The van der Waals surface area contributed by atoms with Gasteiger partial charge in [-0.15, -0.1) is 11.3 Å². The summed E-state index contributed by atoms with van der Waals surface area (Å²) in [6.07, 6.45) is 14.2. The fraction of sp³-hybridized carbons (Fsp3) is 0.478. The van der Waals surface area contributed by atoms with Gasteiger partial charge in [0, 0.05) is 20.2 Å². The average molecular weight is 337 g/mol. The molecule has 0 atom stereocenters. The maximum atomic E-state index is 2.42. The van der Waals surface area contributed by atoms with Gasteiger partial charge < -0.3 is 0 Å². The Morgan fingerprint density at radius 1 is 0.625 bits per heavy atom. The molecule has 3 aromatic rings. The zero-order valence-corrected chi connectivity index (χ0v) is 15.4. The van der Waals surface area contributed by atoms with Gasteiger partial charge in [-0.3, -0.25) is 0 Å². The third-order valence-electron chi connectivity index (χ3n) is 5.73. The van der Waals surface area contributed by atoms with Crippen LogP contribution in [0.3, 0.4) is 0 Å². The van der Waals surface area contributed by atoms with E-state index in [1.54, 1.807) is 10.3 Å². The quantitative estimate of drug-likeness (QED) is 0.421. The van der Waals surface area contributed by atoms with Crippen molar-refractivity contribution in [1.82, 2.24) is 0 Å². The van der Waals surface area contributed by atoms with Crippen molar-refractivity contribution in [2.45, 2.75) is 70.1 Å². The van der Waals surface area contributed by atoms with Crippen molar-refractivity contribution in [3.8, 4) is 0 Å². The van der Waals surface area contributed by atoms with Gasteiger partial charge in [0.15, 0.2) is 0 Å². The smallest absolute Gasteiger partial charge is 0.0390 e. The van der Waals surface area contributed by atoms with Crippen LogP contribution in [0.2, 0.25) is 0 Å². The Morgan fingerprint density at radius 2 is 1.25 bits per heavy atom. The Hall–Kier alpha value is -1.34. The van der Waals surface area contributed by atoms with Gasteiger partial charge in [0.25, 0.3) is 0 Å². The molecule has 0 bridgehead atoms. The summed E-state index contributed by atoms with van der Waals surface area (Å²) < 4.78 is 3.00. The van der Waals surface area contributed by atoms with Crippen LogP contribution in [-0.4, -0.2) is 0 Å². The molecule has 0 N–H and O–H groups in total. The topological polar surface area (TPSA) is 0 Å². The van der Waals surface area contributed by atoms with Gasteiger partial charge in [-0.25, -0.2) is 0 Å². The number of thiophene rings is 1. The van der Waals surface area contributed by atoms with Gasteiger partial charge in [-0.2, -0.15) is 0 Å². The molecule has 1 aliphatic carbocycles. The molecule has 1 aliphatic rings. The molecule has 126 valence electrons. The third-order valence-corrected chi connectivity index (χ3v) is 6.97. The molecule has 0 saturated heterocycles. The zero-order chi connectivity index (χ0) is 16.2. The van der Waals surface area contributed by atoms with Crippen LogP contribution in [0.15, 0.2) is 42.5 Å². The number of rotatable bonds is 1. The molecule has 24 heavy (non-hydrogen) atoms. The molecular weight excluding hydrogens is 308 g/mol. The minimum atomic E-state index is 0.764. The summed E-state index contributed by atoms with van der Waals surface area (Å²) in [6.45, 7) is 0. The Labute approximate surface area is 149 Å². The van der Waals surface area contributed by atoms with Gasteiger partial charge in [-0.05, 0) is 30.4 Å². The zero-order valence-electron chi connectivity index (χ0n) is 14.6. The van der Waals surface area contributed by atoms with Crippen molar-refractivity contribution >= 4 is 31.5 Å². The van der Waals surface area contributed by atoms with E-state index >= 15 is 0 Å². The first-order chi connectivity index (χ1) is 11.9. The molecule has 0 radical (unpaired) electrons. The van der Waals surface area contributed by atoms with Crippen LogP contribution < -0.4 is 0 Å². The van der Waals surface area contributed by atoms with Crippen molar-refractivity contribution in [2.75, 3.05) is 0 Å². The molecule has 0 unspecified atom stereocenters. The van der Waals surface area contributed by atoms with Crippen LogP contribution in [0.5, 0.6) is 0 Å². The first-order valence-electron chi connectivity index (χ1n) is 9.83. The second kappa shape index (κ2) is 7.70. The van der Waals surface area contributed by atoms with Crippen molar-refractivity contribution < 1.29 is 0 Å². The average Bonchev–Trinajstić information content (AvgIpc) is 2.97. The summed E-state index contributed by atoms with van der Waals surface area (Å²) in [5.41, 5.74) is 1.63. The summed E-state index contributed by atoms with van der Waals surface area (Å²) in [5, 5.41) is 2.92. The van der Waals surface area contributed by atoms with Crippen molar-refractivity contribution in [3.63, 3.8) is 0 Å². The summed E-state index contributed by atoms with van der Waals surface area (Å²) in [7, 11) is 0. The van der Waals surface area contributed by atoms with E-state index < -0.39 is 0 Å². The second-order valence-corrected chi connectivity index (χ2v) is 8.48. The summed E-state index contributed by atoms with van der Waals surface area (Å²) in [4.78, 5) is 0. The molecule has 1 heterocycles.